The van der Waals surface area contributed by atoms with Gasteiger partial charge in [-0.25, -0.2) is 9.07 Å². The fourth-order valence-corrected chi connectivity index (χ4v) is 3.41. The number of tetrazole rings is 1. The van der Waals surface area contributed by atoms with E-state index in [0.717, 1.165) is 16.5 Å². The lowest BCUT2D eigenvalue weighted by Crippen LogP contribution is -2.11. The molecular formula is C19H20BrClFN5O2. The minimum Gasteiger partial charge on any atom is -0.493 e. The Labute approximate surface area is 181 Å². The second-order valence-corrected chi connectivity index (χ2v) is 7.39. The maximum atomic E-state index is 14.1. The number of rotatable bonds is 9. The Morgan fingerprint density at radius 3 is 2.79 bits per heavy atom. The summed E-state index contributed by atoms with van der Waals surface area (Å²) in [6.07, 6.45) is 0.903. The molecule has 0 bridgehead atoms. The molecule has 0 amide bonds. The third-order valence-electron chi connectivity index (χ3n) is 4.20. The zero-order chi connectivity index (χ0) is 20.8. The van der Waals surface area contributed by atoms with Gasteiger partial charge in [-0.3, -0.25) is 0 Å². The van der Waals surface area contributed by atoms with Gasteiger partial charge in [0.2, 0.25) is 5.95 Å². The van der Waals surface area contributed by atoms with Gasteiger partial charge in [-0.2, -0.15) is 0 Å². The van der Waals surface area contributed by atoms with E-state index in [1.54, 1.807) is 30.0 Å². The molecule has 2 aromatic carbocycles. The van der Waals surface area contributed by atoms with Crippen molar-refractivity contribution in [2.75, 3.05) is 12.4 Å². The fourth-order valence-electron chi connectivity index (χ4n) is 2.74. The van der Waals surface area contributed by atoms with Crippen LogP contribution in [0.2, 0.25) is 5.02 Å². The molecular weight excluding hydrogens is 465 g/mol. The van der Waals surface area contributed by atoms with Gasteiger partial charge in [0.1, 0.15) is 12.4 Å². The van der Waals surface area contributed by atoms with Gasteiger partial charge in [0, 0.05) is 28.7 Å². The summed E-state index contributed by atoms with van der Waals surface area (Å²) in [5.74, 6) is 1.11. The van der Waals surface area contributed by atoms with E-state index in [1.807, 2.05) is 13.0 Å². The van der Waals surface area contributed by atoms with Crippen molar-refractivity contribution in [3.63, 3.8) is 0 Å². The van der Waals surface area contributed by atoms with E-state index < -0.39 is 5.82 Å². The predicted molar refractivity (Wildman–Crippen MR) is 112 cm³/mol. The van der Waals surface area contributed by atoms with E-state index in [9.17, 15) is 4.39 Å². The lowest BCUT2D eigenvalue weighted by Gasteiger charge is -2.18. The molecule has 0 unspecified atom stereocenters. The highest BCUT2D eigenvalue weighted by Crippen LogP contribution is 2.37. The molecule has 0 saturated carbocycles. The van der Waals surface area contributed by atoms with Crippen molar-refractivity contribution in [3.05, 3.63) is 56.8 Å². The average Bonchev–Trinajstić information content (AvgIpc) is 3.14. The highest BCUT2D eigenvalue weighted by molar-refractivity contribution is 9.10. The molecule has 10 heteroatoms. The Morgan fingerprint density at radius 1 is 1.24 bits per heavy atom. The zero-order valence-electron chi connectivity index (χ0n) is 16.0. The first kappa shape index (κ1) is 21.3. The Kier molecular flexibility index (Phi) is 7.27. The van der Waals surface area contributed by atoms with Gasteiger partial charge in [-0.15, -0.1) is 0 Å². The van der Waals surface area contributed by atoms with Gasteiger partial charge in [0.15, 0.2) is 11.5 Å². The van der Waals surface area contributed by atoms with Crippen molar-refractivity contribution >= 4 is 33.5 Å². The van der Waals surface area contributed by atoms with Crippen molar-refractivity contribution < 1.29 is 13.9 Å². The lowest BCUT2D eigenvalue weighted by molar-refractivity contribution is 0.277. The van der Waals surface area contributed by atoms with Crippen LogP contribution in [0.1, 0.15) is 24.5 Å². The number of nitrogens with zero attached hydrogens (tertiary/aromatic N) is 4. The first-order valence-corrected chi connectivity index (χ1v) is 10.1. The Morgan fingerprint density at radius 2 is 2.07 bits per heavy atom. The Balaban J connectivity index is 1.86. The molecule has 0 aliphatic heterocycles. The summed E-state index contributed by atoms with van der Waals surface area (Å²) in [5.41, 5.74) is 1.06. The molecule has 0 spiro atoms. The van der Waals surface area contributed by atoms with Gasteiger partial charge in [0.05, 0.1) is 12.1 Å². The SMILES string of the molecule is CCCn1nnnc1NCc1c(Br)ccc(OC)c1OCc1c(F)cccc1Cl. The van der Waals surface area contributed by atoms with Crippen LogP contribution in [0.5, 0.6) is 11.5 Å². The fraction of sp³-hybridized carbons (Fsp3) is 0.316. The maximum Gasteiger partial charge on any atom is 0.243 e. The van der Waals surface area contributed by atoms with E-state index in [4.69, 9.17) is 21.1 Å². The van der Waals surface area contributed by atoms with E-state index in [-0.39, 0.29) is 12.2 Å². The summed E-state index contributed by atoms with van der Waals surface area (Å²) in [5, 5.41) is 15.2. The number of anilines is 1. The first-order chi connectivity index (χ1) is 14.0. The third-order valence-corrected chi connectivity index (χ3v) is 5.30. The molecule has 0 aliphatic carbocycles. The summed E-state index contributed by atoms with van der Waals surface area (Å²) in [6, 6.07) is 8.15. The molecule has 0 radical (unpaired) electrons. The molecule has 1 heterocycles. The lowest BCUT2D eigenvalue weighted by atomic mass is 10.1. The van der Waals surface area contributed by atoms with Crippen molar-refractivity contribution in [2.45, 2.75) is 33.0 Å². The predicted octanol–water partition coefficient (Wildman–Crippen LogP) is 4.84. The van der Waals surface area contributed by atoms with Gasteiger partial charge in [-0.1, -0.05) is 45.6 Å². The zero-order valence-corrected chi connectivity index (χ0v) is 18.3. The number of ether oxygens (including phenoxy) is 2. The van der Waals surface area contributed by atoms with Crippen LogP contribution >= 0.6 is 27.5 Å². The van der Waals surface area contributed by atoms with E-state index >= 15 is 0 Å². The van der Waals surface area contributed by atoms with Crippen LogP contribution in [-0.2, 0) is 19.7 Å². The second kappa shape index (κ2) is 9.89. The molecule has 7 nitrogen and oxygen atoms in total. The monoisotopic (exact) mass is 483 g/mol. The standard InChI is InChI=1S/C19H20BrClFN5O2/c1-3-9-27-19(24-25-26-27)23-10-12-14(20)7-8-17(28-2)18(12)29-11-13-15(21)5-4-6-16(13)22/h4-8H,3,9-11H2,1-2H3,(H,23,24,26). The minimum absolute atomic E-state index is 0.0428. The number of nitrogens with one attached hydrogen (secondary N) is 1. The molecule has 1 aromatic heterocycles. The molecule has 29 heavy (non-hydrogen) atoms. The van der Waals surface area contributed by atoms with Crippen LogP contribution in [0.15, 0.2) is 34.8 Å². The number of halogens is 3. The average molecular weight is 485 g/mol. The summed E-state index contributed by atoms with van der Waals surface area (Å²) in [4.78, 5) is 0. The number of hydrogen-bond donors (Lipinski definition) is 1. The van der Waals surface area contributed by atoms with Crippen LogP contribution in [0, 0.1) is 5.82 Å². The highest BCUT2D eigenvalue weighted by Gasteiger charge is 2.17. The van der Waals surface area contributed by atoms with Crippen molar-refractivity contribution in [3.8, 4) is 11.5 Å². The number of methoxy groups -OCH3 is 1. The second-order valence-electron chi connectivity index (χ2n) is 6.13. The quantitative estimate of drug-likeness (QED) is 0.469. The van der Waals surface area contributed by atoms with Crippen LogP contribution in [0.3, 0.4) is 0 Å². The maximum absolute atomic E-state index is 14.1. The van der Waals surface area contributed by atoms with E-state index in [1.165, 1.54) is 6.07 Å². The van der Waals surface area contributed by atoms with Crippen LogP contribution in [0.4, 0.5) is 10.3 Å². The Bertz CT molecular complexity index is 965. The number of aryl methyl sites for hydroxylation is 1. The number of hydrogen-bond acceptors (Lipinski definition) is 6. The number of benzene rings is 2. The minimum atomic E-state index is -0.426. The molecule has 3 rings (SSSR count). The summed E-state index contributed by atoms with van der Waals surface area (Å²) in [7, 11) is 1.55. The first-order valence-electron chi connectivity index (χ1n) is 8.96. The summed E-state index contributed by atoms with van der Waals surface area (Å²) in [6.45, 7) is 3.06. The van der Waals surface area contributed by atoms with Gasteiger partial charge < -0.3 is 14.8 Å². The smallest absolute Gasteiger partial charge is 0.243 e. The van der Waals surface area contributed by atoms with Crippen molar-refractivity contribution in [1.29, 1.82) is 0 Å². The van der Waals surface area contributed by atoms with Crippen LogP contribution < -0.4 is 14.8 Å². The molecule has 1 N–H and O–H groups in total. The van der Waals surface area contributed by atoms with E-state index in [2.05, 4.69) is 36.8 Å². The van der Waals surface area contributed by atoms with Crippen LogP contribution in [0.25, 0.3) is 0 Å². The van der Waals surface area contributed by atoms with Gasteiger partial charge in [0.25, 0.3) is 0 Å². The van der Waals surface area contributed by atoms with Crippen molar-refractivity contribution in [1.82, 2.24) is 20.2 Å². The summed E-state index contributed by atoms with van der Waals surface area (Å²) >= 11 is 9.66. The highest BCUT2D eigenvalue weighted by atomic mass is 79.9. The molecule has 0 atom stereocenters. The topological polar surface area (TPSA) is 74.1 Å². The molecule has 3 aromatic rings. The third kappa shape index (κ3) is 4.97. The normalized spacial score (nSPS) is 10.8. The molecule has 0 saturated heterocycles. The number of aromatic nitrogens is 4. The van der Waals surface area contributed by atoms with Gasteiger partial charge in [-0.05, 0) is 41.1 Å². The van der Waals surface area contributed by atoms with Crippen molar-refractivity contribution in [2.24, 2.45) is 0 Å². The molecule has 154 valence electrons. The molecule has 0 aliphatic rings. The summed E-state index contributed by atoms with van der Waals surface area (Å²) < 4.78 is 28.0. The largest absolute Gasteiger partial charge is 0.493 e. The molecule has 0 fully saturated rings. The van der Waals surface area contributed by atoms with Gasteiger partial charge >= 0.3 is 0 Å². The van der Waals surface area contributed by atoms with Crippen LogP contribution in [-0.4, -0.2) is 27.3 Å². The van der Waals surface area contributed by atoms with E-state index in [0.29, 0.717) is 35.6 Å². The Hall–Kier alpha value is -2.39.